The summed E-state index contributed by atoms with van der Waals surface area (Å²) in [6, 6.07) is 1.69. The van der Waals surface area contributed by atoms with Crippen LogP contribution in [0, 0.1) is 5.92 Å². The summed E-state index contributed by atoms with van der Waals surface area (Å²) in [7, 11) is 0. The van der Waals surface area contributed by atoms with E-state index in [1.807, 2.05) is 0 Å². The average molecular weight is 363 g/mol. The maximum atomic E-state index is 12.0. The van der Waals surface area contributed by atoms with Crippen molar-refractivity contribution in [2.75, 3.05) is 0 Å². The first-order chi connectivity index (χ1) is 8.08. The van der Waals surface area contributed by atoms with Crippen LogP contribution in [0.2, 0.25) is 0 Å². The van der Waals surface area contributed by atoms with E-state index in [1.54, 1.807) is 12.3 Å². The molecular formula is C12H13Br2NO2. The Labute approximate surface area is 116 Å². The molecule has 17 heavy (non-hydrogen) atoms. The second-order valence-electron chi connectivity index (χ2n) is 4.39. The van der Waals surface area contributed by atoms with Crippen molar-refractivity contribution in [3.63, 3.8) is 0 Å². The van der Waals surface area contributed by atoms with Gasteiger partial charge in [-0.05, 0) is 50.8 Å². The van der Waals surface area contributed by atoms with Gasteiger partial charge in [0.1, 0.15) is 0 Å². The summed E-state index contributed by atoms with van der Waals surface area (Å²) in [4.78, 5) is 23.8. The van der Waals surface area contributed by atoms with Gasteiger partial charge < -0.3 is 4.57 Å². The Bertz CT molecular complexity index is 490. The highest BCUT2D eigenvalue weighted by atomic mass is 79.9. The molecule has 1 heterocycles. The van der Waals surface area contributed by atoms with Gasteiger partial charge in [-0.1, -0.05) is 12.8 Å². The second kappa shape index (κ2) is 5.48. The first kappa shape index (κ1) is 13.0. The average Bonchev–Trinajstić information content (AvgIpc) is 2.78. The van der Waals surface area contributed by atoms with Crippen LogP contribution in [-0.2, 0) is 11.3 Å². The van der Waals surface area contributed by atoms with Crippen molar-refractivity contribution in [3.05, 3.63) is 31.6 Å². The van der Waals surface area contributed by atoms with E-state index >= 15 is 0 Å². The smallest absolute Gasteiger partial charge is 0.265 e. The summed E-state index contributed by atoms with van der Waals surface area (Å²) in [6.45, 7) is 0.182. The fourth-order valence-electron chi connectivity index (χ4n) is 2.23. The summed E-state index contributed by atoms with van der Waals surface area (Å²) in [6.07, 6.45) is 5.88. The standard InChI is InChI=1S/C12H13Br2NO2/c13-9-5-10(14)12(17)15(6-9)7-11(16)8-3-1-2-4-8/h5-6,8H,1-4,7H2. The Morgan fingerprint density at radius 1 is 1.35 bits per heavy atom. The topological polar surface area (TPSA) is 39.1 Å². The third-order valence-electron chi connectivity index (χ3n) is 3.15. The zero-order valence-corrected chi connectivity index (χ0v) is 12.5. The van der Waals surface area contributed by atoms with Gasteiger partial charge in [0.05, 0.1) is 11.0 Å². The molecule has 1 aliphatic rings. The zero-order chi connectivity index (χ0) is 12.4. The monoisotopic (exact) mass is 361 g/mol. The van der Waals surface area contributed by atoms with Gasteiger partial charge in [-0.25, -0.2) is 0 Å². The number of aromatic nitrogens is 1. The lowest BCUT2D eigenvalue weighted by Crippen LogP contribution is -2.27. The number of carbonyl (C=O) groups is 1. The quantitative estimate of drug-likeness (QED) is 0.828. The minimum atomic E-state index is -0.153. The third kappa shape index (κ3) is 3.07. The van der Waals surface area contributed by atoms with Crippen LogP contribution >= 0.6 is 31.9 Å². The van der Waals surface area contributed by atoms with Crippen molar-refractivity contribution in [1.82, 2.24) is 4.57 Å². The van der Waals surface area contributed by atoms with Crippen molar-refractivity contribution in [1.29, 1.82) is 0 Å². The summed E-state index contributed by atoms with van der Waals surface area (Å²) >= 11 is 6.52. The SMILES string of the molecule is O=C(Cn1cc(Br)cc(Br)c1=O)C1CCCC1. The molecule has 0 aliphatic heterocycles. The fourth-order valence-corrected chi connectivity index (χ4v) is 3.48. The first-order valence-electron chi connectivity index (χ1n) is 5.66. The minimum Gasteiger partial charge on any atom is -0.306 e. The Kier molecular flexibility index (Phi) is 4.20. The van der Waals surface area contributed by atoms with E-state index in [-0.39, 0.29) is 23.8 Å². The van der Waals surface area contributed by atoms with Crippen LogP contribution in [0.3, 0.4) is 0 Å². The maximum absolute atomic E-state index is 12.0. The van der Waals surface area contributed by atoms with E-state index < -0.39 is 0 Å². The van der Waals surface area contributed by atoms with E-state index in [1.165, 1.54) is 4.57 Å². The molecule has 0 amide bonds. The highest BCUT2D eigenvalue weighted by molar-refractivity contribution is 9.11. The molecule has 1 saturated carbocycles. The highest BCUT2D eigenvalue weighted by Crippen LogP contribution is 2.25. The molecule has 0 radical (unpaired) electrons. The van der Waals surface area contributed by atoms with Crippen molar-refractivity contribution in [3.8, 4) is 0 Å². The number of nitrogens with zero attached hydrogens (tertiary/aromatic N) is 1. The maximum Gasteiger partial charge on any atom is 0.265 e. The highest BCUT2D eigenvalue weighted by Gasteiger charge is 2.23. The van der Waals surface area contributed by atoms with Crippen LogP contribution in [0.5, 0.6) is 0 Å². The molecule has 0 aromatic carbocycles. The van der Waals surface area contributed by atoms with Gasteiger partial charge in [0.25, 0.3) is 5.56 Å². The van der Waals surface area contributed by atoms with Gasteiger partial charge in [0, 0.05) is 16.6 Å². The molecule has 2 rings (SSSR count). The number of hydrogen-bond acceptors (Lipinski definition) is 2. The van der Waals surface area contributed by atoms with E-state index in [9.17, 15) is 9.59 Å². The summed E-state index contributed by atoms with van der Waals surface area (Å²) in [5, 5.41) is 0. The Balaban J connectivity index is 2.18. The Morgan fingerprint density at radius 3 is 2.65 bits per heavy atom. The molecular weight excluding hydrogens is 350 g/mol. The molecule has 0 bridgehead atoms. The summed E-state index contributed by atoms with van der Waals surface area (Å²) in [5.41, 5.74) is -0.153. The van der Waals surface area contributed by atoms with Gasteiger partial charge in [0.15, 0.2) is 5.78 Å². The van der Waals surface area contributed by atoms with Gasteiger partial charge in [0.2, 0.25) is 0 Å². The number of halogens is 2. The largest absolute Gasteiger partial charge is 0.306 e. The zero-order valence-electron chi connectivity index (χ0n) is 9.29. The van der Waals surface area contributed by atoms with Gasteiger partial charge in [-0.3, -0.25) is 9.59 Å². The fraction of sp³-hybridized carbons (Fsp3) is 0.500. The molecule has 1 aromatic heterocycles. The first-order valence-corrected chi connectivity index (χ1v) is 7.24. The van der Waals surface area contributed by atoms with Crippen molar-refractivity contribution < 1.29 is 4.79 Å². The van der Waals surface area contributed by atoms with E-state index in [0.717, 1.165) is 30.2 Å². The number of pyridine rings is 1. The van der Waals surface area contributed by atoms with Crippen LogP contribution in [-0.4, -0.2) is 10.4 Å². The predicted molar refractivity (Wildman–Crippen MR) is 73.1 cm³/mol. The molecule has 92 valence electrons. The third-order valence-corrected chi connectivity index (χ3v) is 4.15. The van der Waals surface area contributed by atoms with Crippen LogP contribution in [0.15, 0.2) is 26.0 Å². The van der Waals surface area contributed by atoms with Gasteiger partial charge in [-0.2, -0.15) is 0 Å². The van der Waals surface area contributed by atoms with E-state index in [0.29, 0.717) is 4.47 Å². The second-order valence-corrected chi connectivity index (χ2v) is 6.16. The van der Waals surface area contributed by atoms with E-state index in [2.05, 4.69) is 31.9 Å². The number of carbonyl (C=O) groups excluding carboxylic acids is 1. The normalized spacial score (nSPS) is 16.4. The van der Waals surface area contributed by atoms with Gasteiger partial charge >= 0.3 is 0 Å². The molecule has 1 aliphatic carbocycles. The molecule has 1 fully saturated rings. The number of rotatable bonds is 3. The molecule has 0 N–H and O–H groups in total. The lowest BCUT2D eigenvalue weighted by molar-refractivity contribution is -0.123. The molecule has 0 atom stereocenters. The minimum absolute atomic E-state index is 0.152. The Morgan fingerprint density at radius 2 is 2.00 bits per heavy atom. The number of Topliss-reactive ketones (excluding diaryl/α,β-unsaturated/α-hetero) is 1. The van der Waals surface area contributed by atoms with Gasteiger partial charge in [-0.15, -0.1) is 0 Å². The summed E-state index contributed by atoms with van der Waals surface area (Å²) in [5.74, 6) is 0.328. The lowest BCUT2D eigenvalue weighted by Gasteiger charge is -2.10. The van der Waals surface area contributed by atoms with Crippen LogP contribution in [0.1, 0.15) is 25.7 Å². The van der Waals surface area contributed by atoms with E-state index in [4.69, 9.17) is 0 Å². The predicted octanol–water partition coefficient (Wildman–Crippen LogP) is 3.13. The van der Waals surface area contributed by atoms with Crippen molar-refractivity contribution >= 4 is 37.6 Å². The number of hydrogen-bond donors (Lipinski definition) is 0. The van der Waals surface area contributed by atoms with Crippen LogP contribution in [0.25, 0.3) is 0 Å². The molecule has 0 saturated heterocycles. The molecule has 1 aromatic rings. The molecule has 0 spiro atoms. The molecule has 3 nitrogen and oxygen atoms in total. The molecule has 5 heteroatoms. The molecule has 0 unspecified atom stereocenters. The van der Waals surface area contributed by atoms with Crippen molar-refractivity contribution in [2.24, 2.45) is 5.92 Å². The van der Waals surface area contributed by atoms with Crippen LogP contribution < -0.4 is 5.56 Å². The Hall–Kier alpha value is -0.420. The lowest BCUT2D eigenvalue weighted by atomic mass is 10.0. The summed E-state index contributed by atoms with van der Waals surface area (Å²) < 4.78 is 2.74. The van der Waals surface area contributed by atoms with Crippen molar-refractivity contribution in [2.45, 2.75) is 32.2 Å². The van der Waals surface area contributed by atoms with Crippen LogP contribution in [0.4, 0.5) is 0 Å². The number of ketones is 1.